The van der Waals surface area contributed by atoms with Crippen LogP contribution in [0.25, 0.3) is 4.13 Å². The van der Waals surface area contributed by atoms with E-state index in [0.29, 0.717) is 0 Å². The van der Waals surface area contributed by atoms with Crippen molar-refractivity contribution in [1.29, 1.82) is 0 Å². The van der Waals surface area contributed by atoms with E-state index in [-0.39, 0.29) is 0 Å². The van der Waals surface area contributed by atoms with Crippen LogP contribution in [0.3, 0.4) is 0 Å². The maximum atomic E-state index is 11.4. The topological polar surface area (TPSA) is 82.4 Å². The molecule has 1 saturated heterocycles. The first-order valence-corrected chi connectivity index (χ1v) is 11.6. The van der Waals surface area contributed by atoms with Crippen molar-refractivity contribution in [3.63, 3.8) is 0 Å². The van der Waals surface area contributed by atoms with Gasteiger partial charge in [-0.1, -0.05) is 20.3 Å². The number of hydrogen-bond donors (Lipinski definition) is 0. The maximum Gasteiger partial charge on any atom is 0.480 e. The summed E-state index contributed by atoms with van der Waals surface area (Å²) in [6.45, 7) is 10.5. The fourth-order valence-corrected chi connectivity index (χ4v) is 4.66. The van der Waals surface area contributed by atoms with E-state index >= 15 is 0 Å². The predicted octanol–water partition coefficient (Wildman–Crippen LogP) is 4.26. The fourth-order valence-electron chi connectivity index (χ4n) is 2.95. The number of alkyl halides is 6. The average Bonchev–Trinajstić information content (AvgIpc) is 2.94. The molecule has 28 heavy (non-hydrogen) atoms. The Morgan fingerprint density at radius 1 is 0.750 bits per heavy atom. The van der Waals surface area contributed by atoms with Gasteiger partial charge in [0.25, 0.3) is 0 Å². The lowest BCUT2D eigenvalue weighted by Crippen LogP contribution is -2.46. The second kappa shape index (κ2) is 10.4. The summed E-state index contributed by atoms with van der Waals surface area (Å²) in [7, 11) is -13.4. The highest BCUT2D eigenvalue weighted by Gasteiger charge is 2.46. The van der Waals surface area contributed by atoms with E-state index in [1.54, 1.807) is 0 Å². The number of nitrogens with zero attached hydrogens (tertiary/aromatic N) is 2. The summed E-state index contributed by atoms with van der Waals surface area (Å²) >= 11 is 0. The molecule has 0 atom stereocenters. The lowest BCUT2D eigenvalue weighted by atomic mass is 10.2. The third-order valence-electron chi connectivity index (χ3n) is 4.23. The minimum absolute atomic E-state index is 0.778. The molecule has 0 aromatic rings. The largest absolute Gasteiger partial charge is 0.480 e. The van der Waals surface area contributed by atoms with Gasteiger partial charge in [0.1, 0.15) is 0 Å². The van der Waals surface area contributed by atoms with Crippen molar-refractivity contribution < 1.29 is 47.7 Å². The van der Waals surface area contributed by atoms with Crippen LogP contribution < -0.4 is 0 Å². The lowest BCUT2D eigenvalue weighted by Gasteiger charge is -2.34. The van der Waals surface area contributed by atoms with E-state index in [1.165, 1.54) is 69.2 Å². The first-order valence-electron chi connectivity index (χ1n) is 8.75. The molecule has 0 amide bonds. The Morgan fingerprint density at radius 3 is 1.50 bits per heavy atom. The number of quaternary nitrogens is 1. The number of hydrogen-bond acceptors (Lipinski definition) is 4. The van der Waals surface area contributed by atoms with Gasteiger partial charge in [0.05, 0.1) is 26.2 Å². The highest BCUT2D eigenvalue weighted by atomic mass is 32.3. The van der Waals surface area contributed by atoms with Crippen molar-refractivity contribution >= 4 is 20.0 Å². The maximum absolute atomic E-state index is 11.4. The van der Waals surface area contributed by atoms with Crippen molar-refractivity contribution in [3.05, 3.63) is 4.13 Å². The van der Waals surface area contributed by atoms with Crippen LogP contribution in [0.5, 0.6) is 0 Å². The molecule has 14 heteroatoms. The molecule has 0 aromatic heterocycles. The van der Waals surface area contributed by atoms with E-state index in [4.69, 9.17) is 0 Å². The van der Waals surface area contributed by atoms with Gasteiger partial charge in [-0.2, -0.15) is 26.3 Å². The van der Waals surface area contributed by atoms with E-state index in [2.05, 4.69) is 13.8 Å². The molecule has 1 aliphatic heterocycles. The quantitative estimate of drug-likeness (QED) is 0.305. The molecular formula is C14H26F6N2O4S2. The first-order chi connectivity index (χ1) is 12.5. The molecule has 1 heterocycles. The summed E-state index contributed by atoms with van der Waals surface area (Å²) in [5.41, 5.74) is -12.4. The lowest BCUT2D eigenvalue weighted by molar-refractivity contribution is -0.917. The molecule has 0 saturated carbocycles. The van der Waals surface area contributed by atoms with E-state index in [9.17, 15) is 43.2 Å². The molecule has 1 rings (SSSR count). The van der Waals surface area contributed by atoms with Gasteiger partial charge in [0.2, 0.25) is 0 Å². The Kier molecular flexibility index (Phi) is 10.2. The molecule has 0 spiro atoms. The molecule has 170 valence electrons. The van der Waals surface area contributed by atoms with Crippen LogP contribution in [0.2, 0.25) is 0 Å². The Morgan fingerprint density at radius 2 is 1.18 bits per heavy atom. The number of unbranched alkanes of at least 4 members (excludes halogenated alkanes) is 2. The van der Waals surface area contributed by atoms with Crippen LogP contribution >= 0.6 is 0 Å². The van der Waals surface area contributed by atoms with Crippen LogP contribution in [0, 0.1) is 0 Å². The molecular weight excluding hydrogens is 438 g/mol. The molecule has 0 radical (unpaired) electrons. The highest BCUT2D eigenvalue weighted by Crippen LogP contribution is 2.36. The van der Waals surface area contributed by atoms with Crippen molar-refractivity contribution in [2.75, 3.05) is 26.2 Å². The summed E-state index contributed by atoms with van der Waals surface area (Å²) in [6, 6.07) is 0. The molecule has 0 bridgehead atoms. The molecule has 0 unspecified atom stereocenters. The van der Waals surface area contributed by atoms with E-state index < -0.39 is 31.1 Å². The Labute approximate surface area is 162 Å². The van der Waals surface area contributed by atoms with Crippen molar-refractivity contribution in [2.24, 2.45) is 0 Å². The smallest absolute Gasteiger partial charge is 0.421 e. The Hall–Kier alpha value is -0.600. The van der Waals surface area contributed by atoms with E-state index in [1.807, 2.05) is 0 Å². The minimum Gasteiger partial charge on any atom is -0.421 e. The van der Waals surface area contributed by atoms with Crippen LogP contribution in [-0.2, 0) is 20.0 Å². The summed E-state index contributed by atoms with van der Waals surface area (Å²) in [4.78, 5) is 0. The summed E-state index contributed by atoms with van der Waals surface area (Å²) in [5.74, 6) is 0. The zero-order chi connectivity index (χ0) is 22.3. The number of sulfonamides is 2. The van der Waals surface area contributed by atoms with Gasteiger partial charge in [-0.3, -0.25) is 0 Å². The Bertz CT molecular complexity index is 627. The number of rotatable bonds is 8. The third kappa shape index (κ3) is 8.41. The fraction of sp³-hybridized carbons (Fsp3) is 1.00. The second-order valence-corrected chi connectivity index (χ2v) is 9.99. The molecule has 0 aliphatic carbocycles. The monoisotopic (exact) mass is 464 g/mol. The van der Waals surface area contributed by atoms with Gasteiger partial charge < -0.3 is 8.61 Å². The molecule has 0 N–H and O–H groups in total. The first kappa shape index (κ1) is 27.4. The molecule has 0 aromatic carbocycles. The zero-order valence-corrected chi connectivity index (χ0v) is 17.3. The normalized spacial score (nSPS) is 17.9. The van der Waals surface area contributed by atoms with Gasteiger partial charge in [0.15, 0.2) is 20.0 Å². The molecule has 6 nitrogen and oxygen atoms in total. The van der Waals surface area contributed by atoms with Gasteiger partial charge in [-0.05, 0) is 19.3 Å². The third-order valence-corrected chi connectivity index (χ3v) is 6.97. The van der Waals surface area contributed by atoms with Crippen LogP contribution in [0.4, 0.5) is 26.3 Å². The van der Waals surface area contributed by atoms with Crippen molar-refractivity contribution in [2.45, 2.75) is 63.4 Å². The standard InChI is InChI=1S/C12H26N.C2F6NO4S2/c1-3-5-6-10-13(9-4-2)11-7-8-12-13;3-1(4,5)14(10,11)9-15(12,13)2(6,7)8/h3-12H2,1-2H3;/q+1;-1. The number of likely N-dealkylation sites (tertiary alicyclic amines) is 1. The summed E-state index contributed by atoms with van der Waals surface area (Å²) in [6.07, 6.45) is 8.58. The zero-order valence-electron chi connectivity index (χ0n) is 15.7. The minimum atomic E-state index is -6.72. The van der Waals surface area contributed by atoms with Crippen molar-refractivity contribution in [1.82, 2.24) is 0 Å². The van der Waals surface area contributed by atoms with Crippen LogP contribution in [-0.4, -0.2) is 58.5 Å². The van der Waals surface area contributed by atoms with Crippen molar-refractivity contribution in [3.8, 4) is 0 Å². The predicted molar refractivity (Wildman–Crippen MR) is 92.1 cm³/mol. The number of halogens is 6. The van der Waals surface area contributed by atoms with Gasteiger partial charge in [-0.15, -0.1) is 0 Å². The summed E-state index contributed by atoms with van der Waals surface area (Å²) < 4.78 is 111. The van der Waals surface area contributed by atoms with Gasteiger partial charge in [0, 0.05) is 12.8 Å². The average molecular weight is 464 g/mol. The van der Waals surface area contributed by atoms with Gasteiger partial charge >= 0.3 is 11.0 Å². The SMILES string of the molecule is CCCCC[N+]1(CCC)CCCC1.O=S(=O)([N-]S(=O)(=O)C(F)(F)F)C(F)(F)F. The van der Waals surface area contributed by atoms with E-state index in [0.717, 1.165) is 4.13 Å². The molecule has 1 aliphatic rings. The van der Waals surface area contributed by atoms with Crippen LogP contribution in [0.1, 0.15) is 52.4 Å². The van der Waals surface area contributed by atoms with Crippen LogP contribution in [0.15, 0.2) is 0 Å². The molecule has 1 fully saturated rings. The summed E-state index contributed by atoms with van der Waals surface area (Å²) in [5, 5.41) is 0. The van der Waals surface area contributed by atoms with Gasteiger partial charge in [-0.25, -0.2) is 16.8 Å². The highest BCUT2D eigenvalue weighted by molar-refractivity contribution is 8.13. The Balaban J connectivity index is 0.000000525. The second-order valence-electron chi connectivity index (χ2n) is 6.57.